The minimum absolute atomic E-state index is 0.0348. The maximum Gasteiger partial charge on any atom is 0.337 e. The van der Waals surface area contributed by atoms with Crippen molar-refractivity contribution >= 4 is 29.0 Å². The van der Waals surface area contributed by atoms with E-state index in [9.17, 15) is 23.5 Å². The summed E-state index contributed by atoms with van der Waals surface area (Å²) < 4.78 is 26.7. The fourth-order valence-corrected chi connectivity index (χ4v) is 2.90. The number of carbonyl (C=O) groups is 2. The molecule has 0 saturated carbocycles. The zero-order valence-corrected chi connectivity index (χ0v) is 14.9. The standard InChI is InChI=1S/C21H16F2N2O4/c22-13-8-14(23)10-15(9-13)25-19-4-2-12(7-17(19)21(28)29)5-11-1-3-18(24)16(6-11)20(26)27/h1-4,6-10,25H,5,24H2,(H,26,27)(H,28,29). The molecule has 0 fully saturated rings. The van der Waals surface area contributed by atoms with Crippen LogP contribution in [-0.4, -0.2) is 22.2 Å². The molecule has 8 heteroatoms. The summed E-state index contributed by atoms with van der Waals surface area (Å²) in [7, 11) is 0. The van der Waals surface area contributed by atoms with Crippen LogP contribution in [0.2, 0.25) is 0 Å². The summed E-state index contributed by atoms with van der Waals surface area (Å²) in [6.07, 6.45) is 0.274. The third-order valence-corrected chi connectivity index (χ3v) is 4.21. The van der Waals surface area contributed by atoms with Crippen molar-refractivity contribution < 1.29 is 28.6 Å². The van der Waals surface area contributed by atoms with Gasteiger partial charge in [0.1, 0.15) is 11.6 Å². The highest BCUT2D eigenvalue weighted by atomic mass is 19.1. The Bertz CT molecular complexity index is 1100. The SMILES string of the molecule is Nc1ccc(Cc2ccc(Nc3cc(F)cc(F)c3)c(C(=O)O)c2)cc1C(=O)O. The van der Waals surface area contributed by atoms with Gasteiger partial charge in [0, 0.05) is 17.4 Å². The molecule has 0 aliphatic rings. The zero-order chi connectivity index (χ0) is 21.1. The van der Waals surface area contributed by atoms with E-state index in [-0.39, 0.29) is 34.6 Å². The van der Waals surface area contributed by atoms with Gasteiger partial charge < -0.3 is 21.3 Å². The number of benzene rings is 3. The van der Waals surface area contributed by atoms with Gasteiger partial charge in [0.25, 0.3) is 0 Å². The molecule has 0 spiro atoms. The molecule has 0 aliphatic heterocycles. The van der Waals surface area contributed by atoms with Gasteiger partial charge in [-0.15, -0.1) is 0 Å². The van der Waals surface area contributed by atoms with Gasteiger partial charge in [-0.05, 0) is 53.9 Å². The normalized spacial score (nSPS) is 10.6. The topological polar surface area (TPSA) is 113 Å². The minimum Gasteiger partial charge on any atom is -0.478 e. The predicted octanol–water partition coefficient (Wildman–Crippen LogP) is 4.28. The second-order valence-electron chi connectivity index (χ2n) is 6.37. The monoisotopic (exact) mass is 398 g/mol. The molecule has 0 amide bonds. The fraction of sp³-hybridized carbons (Fsp3) is 0.0476. The first-order valence-corrected chi connectivity index (χ1v) is 8.44. The Labute approximate surface area is 164 Å². The van der Waals surface area contributed by atoms with Crippen molar-refractivity contribution in [2.45, 2.75) is 6.42 Å². The van der Waals surface area contributed by atoms with E-state index in [1.54, 1.807) is 12.1 Å². The number of carboxylic acid groups (broad SMARTS) is 2. The molecule has 29 heavy (non-hydrogen) atoms. The number of hydrogen-bond acceptors (Lipinski definition) is 4. The average Bonchev–Trinajstić information content (AvgIpc) is 2.63. The number of anilines is 3. The molecule has 3 rings (SSSR count). The van der Waals surface area contributed by atoms with E-state index in [0.717, 1.165) is 12.1 Å². The number of nitrogens with one attached hydrogen (secondary N) is 1. The molecule has 0 radical (unpaired) electrons. The lowest BCUT2D eigenvalue weighted by Gasteiger charge is -2.12. The highest BCUT2D eigenvalue weighted by Crippen LogP contribution is 2.25. The first-order chi connectivity index (χ1) is 13.7. The quantitative estimate of drug-likeness (QED) is 0.461. The maximum absolute atomic E-state index is 13.4. The zero-order valence-electron chi connectivity index (χ0n) is 14.9. The summed E-state index contributed by atoms with van der Waals surface area (Å²) >= 11 is 0. The van der Waals surface area contributed by atoms with Crippen molar-refractivity contribution in [3.63, 3.8) is 0 Å². The van der Waals surface area contributed by atoms with Gasteiger partial charge in [0.05, 0.1) is 16.8 Å². The van der Waals surface area contributed by atoms with Gasteiger partial charge in [-0.2, -0.15) is 0 Å². The molecular formula is C21H16F2N2O4. The maximum atomic E-state index is 13.4. The molecule has 0 saturated heterocycles. The Balaban J connectivity index is 1.91. The van der Waals surface area contributed by atoms with Crippen molar-refractivity contribution in [3.05, 3.63) is 88.5 Å². The van der Waals surface area contributed by atoms with Crippen LogP contribution in [0.5, 0.6) is 0 Å². The van der Waals surface area contributed by atoms with Crippen molar-refractivity contribution in [2.24, 2.45) is 0 Å². The van der Waals surface area contributed by atoms with E-state index in [0.29, 0.717) is 17.2 Å². The lowest BCUT2D eigenvalue weighted by atomic mass is 9.99. The molecule has 3 aromatic rings. The summed E-state index contributed by atoms with van der Waals surface area (Å²) in [6, 6.07) is 11.9. The van der Waals surface area contributed by atoms with Crippen molar-refractivity contribution in [3.8, 4) is 0 Å². The van der Waals surface area contributed by atoms with E-state index in [1.165, 1.54) is 24.3 Å². The van der Waals surface area contributed by atoms with Crippen LogP contribution >= 0.6 is 0 Å². The van der Waals surface area contributed by atoms with Crippen LogP contribution < -0.4 is 11.1 Å². The molecule has 0 aliphatic carbocycles. The number of halogens is 2. The summed E-state index contributed by atoms with van der Waals surface area (Å²) in [5.74, 6) is -3.97. The molecule has 0 unspecified atom stereocenters. The Morgan fingerprint density at radius 3 is 1.97 bits per heavy atom. The van der Waals surface area contributed by atoms with Gasteiger partial charge >= 0.3 is 11.9 Å². The van der Waals surface area contributed by atoms with Crippen LogP contribution in [0.15, 0.2) is 54.6 Å². The third kappa shape index (κ3) is 4.67. The van der Waals surface area contributed by atoms with Crippen molar-refractivity contribution in [1.29, 1.82) is 0 Å². The van der Waals surface area contributed by atoms with Crippen molar-refractivity contribution in [1.82, 2.24) is 0 Å². The first kappa shape index (κ1) is 19.8. The van der Waals surface area contributed by atoms with E-state index in [2.05, 4.69) is 5.32 Å². The summed E-state index contributed by atoms with van der Waals surface area (Å²) in [5, 5.41) is 21.4. The molecule has 0 bridgehead atoms. The van der Waals surface area contributed by atoms with Crippen LogP contribution in [0.25, 0.3) is 0 Å². The molecule has 6 nitrogen and oxygen atoms in total. The highest BCUT2D eigenvalue weighted by molar-refractivity contribution is 5.95. The van der Waals surface area contributed by atoms with Gasteiger partial charge in [-0.3, -0.25) is 0 Å². The van der Waals surface area contributed by atoms with Gasteiger partial charge in [0.15, 0.2) is 0 Å². The fourth-order valence-electron chi connectivity index (χ4n) is 2.90. The molecule has 148 valence electrons. The molecule has 3 aromatic carbocycles. The smallest absolute Gasteiger partial charge is 0.337 e. The molecule has 5 N–H and O–H groups in total. The van der Waals surface area contributed by atoms with Crippen LogP contribution in [0.1, 0.15) is 31.8 Å². The third-order valence-electron chi connectivity index (χ3n) is 4.21. The molecular weight excluding hydrogens is 382 g/mol. The number of nitrogen functional groups attached to an aromatic ring is 1. The predicted molar refractivity (Wildman–Crippen MR) is 104 cm³/mol. The second kappa shape index (κ2) is 7.97. The Hall–Kier alpha value is -3.94. The Morgan fingerprint density at radius 1 is 0.828 bits per heavy atom. The van der Waals surface area contributed by atoms with E-state index >= 15 is 0 Å². The lowest BCUT2D eigenvalue weighted by molar-refractivity contribution is 0.0687. The number of hydrogen-bond donors (Lipinski definition) is 4. The van der Waals surface area contributed by atoms with Crippen molar-refractivity contribution in [2.75, 3.05) is 11.1 Å². The Kier molecular flexibility index (Phi) is 5.45. The highest BCUT2D eigenvalue weighted by Gasteiger charge is 2.14. The largest absolute Gasteiger partial charge is 0.478 e. The molecule has 0 atom stereocenters. The number of nitrogens with two attached hydrogens (primary N) is 1. The summed E-state index contributed by atoms with van der Waals surface area (Å²) in [4.78, 5) is 22.9. The molecule has 0 aromatic heterocycles. The lowest BCUT2D eigenvalue weighted by Crippen LogP contribution is -2.06. The van der Waals surface area contributed by atoms with E-state index < -0.39 is 23.6 Å². The second-order valence-corrected chi connectivity index (χ2v) is 6.37. The van der Waals surface area contributed by atoms with Gasteiger partial charge in [-0.1, -0.05) is 12.1 Å². The van der Waals surface area contributed by atoms with Gasteiger partial charge in [-0.25, -0.2) is 18.4 Å². The minimum atomic E-state index is -1.23. The van der Waals surface area contributed by atoms with Crippen LogP contribution in [0.3, 0.4) is 0 Å². The Morgan fingerprint density at radius 2 is 1.38 bits per heavy atom. The summed E-state index contributed by atoms with van der Waals surface area (Å²) in [6.45, 7) is 0. The number of rotatable bonds is 6. The van der Waals surface area contributed by atoms with E-state index in [4.69, 9.17) is 10.8 Å². The van der Waals surface area contributed by atoms with Crippen LogP contribution in [0.4, 0.5) is 25.8 Å². The van der Waals surface area contributed by atoms with Crippen LogP contribution in [-0.2, 0) is 6.42 Å². The average molecular weight is 398 g/mol. The number of aromatic carboxylic acids is 2. The summed E-state index contributed by atoms with van der Waals surface area (Å²) in [5.41, 5.74) is 7.13. The van der Waals surface area contributed by atoms with E-state index in [1.807, 2.05) is 0 Å². The number of carboxylic acids is 2. The molecule has 0 heterocycles. The first-order valence-electron chi connectivity index (χ1n) is 8.44. The van der Waals surface area contributed by atoms with Crippen LogP contribution in [0, 0.1) is 11.6 Å². The van der Waals surface area contributed by atoms with Gasteiger partial charge in [0.2, 0.25) is 0 Å².